The molecule has 0 unspecified atom stereocenters. The van der Waals surface area contributed by atoms with Gasteiger partial charge in [-0.15, -0.1) is 0 Å². The Labute approximate surface area is 146 Å². The summed E-state index contributed by atoms with van der Waals surface area (Å²) in [5.74, 6) is -0.0204. The van der Waals surface area contributed by atoms with Crippen LogP contribution in [0.3, 0.4) is 0 Å². The molecule has 1 aromatic heterocycles. The van der Waals surface area contributed by atoms with Gasteiger partial charge in [0, 0.05) is 22.9 Å². The largest absolute Gasteiger partial charge is 0.456 e. The Bertz CT molecular complexity index is 1060. The van der Waals surface area contributed by atoms with Crippen molar-refractivity contribution in [3.8, 4) is 0 Å². The van der Waals surface area contributed by atoms with Crippen molar-refractivity contribution in [1.29, 1.82) is 0 Å². The lowest BCUT2D eigenvalue weighted by Crippen LogP contribution is -2.26. The van der Waals surface area contributed by atoms with Crippen molar-refractivity contribution in [2.24, 2.45) is 0 Å². The molecule has 3 nitrogen and oxygen atoms in total. The average Bonchev–Trinajstić information content (AvgIpc) is 3.00. The Morgan fingerprint density at radius 3 is 2.56 bits per heavy atom. The molecule has 124 valence electrons. The molecule has 4 rings (SSSR count). The highest BCUT2D eigenvalue weighted by Gasteiger charge is 2.09. The first-order valence-electron chi connectivity index (χ1n) is 8.46. The van der Waals surface area contributed by atoms with Gasteiger partial charge in [0.1, 0.15) is 11.2 Å². The molecule has 0 saturated carbocycles. The maximum absolute atomic E-state index is 12.3. The topological polar surface area (TPSA) is 42.2 Å². The first-order valence-corrected chi connectivity index (χ1v) is 8.46. The van der Waals surface area contributed by atoms with Crippen LogP contribution in [0.25, 0.3) is 21.9 Å². The summed E-state index contributed by atoms with van der Waals surface area (Å²) in [6.07, 6.45) is 0.785. The zero-order valence-electron chi connectivity index (χ0n) is 14.1. The molecule has 0 bridgehead atoms. The van der Waals surface area contributed by atoms with Crippen molar-refractivity contribution in [2.75, 3.05) is 6.54 Å². The number of carbonyl (C=O) groups excluding carboxylic acids is 1. The minimum absolute atomic E-state index is 0.0204. The summed E-state index contributed by atoms with van der Waals surface area (Å²) in [5.41, 5.74) is 4.71. The molecule has 0 aliphatic heterocycles. The van der Waals surface area contributed by atoms with Gasteiger partial charge in [-0.3, -0.25) is 4.79 Å². The lowest BCUT2D eigenvalue weighted by molar-refractivity contribution is 0.0953. The van der Waals surface area contributed by atoms with Gasteiger partial charge in [0.25, 0.3) is 5.91 Å². The van der Waals surface area contributed by atoms with E-state index in [2.05, 4.69) is 23.5 Å². The smallest absolute Gasteiger partial charge is 0.251 e. The maximum Gasteiger partial charge on any atom is 0.251 e. The van der Waals surface area contributed by atoms with Crippen molar-refractivity contribution < 1.29 is 9.21 Å². The first-order chi connectivity index (χ1) is 12.2. The highest BCUT2D eigenvalue weighted by atomic mass is 16.3. The summed E-state index contributed by atoms with van der Waals surface area (Å²) in [7, 11) is 0. The summed E-state index contributed by atoms with van der Waals surface area (Å²) in [6, 6.07) is 21.9. The summed E-state index contributed by atoms with van der Waals surface area (Å²) >= 11 is 0. The lowest BCUT2D eigenvalue weighted by Gasteiger charge is -2.07. The Hall–Kier alpha value is -3.07. The summed E-state index contributed by atoms with van der Waals surface area (Å²) < 4.78 is 5.85. The SMILES string of the molecule is Cc1ccccc1C(=O)NCCc1ccc2oc3ccccc3c2c1. The van der Waals surface area contributed by atoms with Gasteiger partial charge in [-0.05, 0) is 48.7 Å². The number of amides is 1. The normalized spacial score (nSPS) is 11.1. The van der Waals surface area contributed by atoms with E-state index in [-0.39, 0.29) is 5.91 Å². The Morgan fingerprint density at radius 1 is 0.920 bits per heavy atom. The molecule has 25 heavy (non-hydrogen) atoms. The van der Waals surface area contributed by atoms with Crippen molar-refractivity contribution in [1.82, 2.24) is 5.32 Å². The van der Waals surface area contributed by atoms with Gasteiger partial charge in [-0.25, -0.2) is 0 Å². The highest BCUT2D eigenvalue weighted by Crippen LogP contribution is 2.29. The minimum Gasteiger partial charge on any atom is -0.456 e. The zero-order valence-corrected chi connectivity index (χ0v) is 14.1. The van der Waals surface area contributed by atoms with E-state index in [1.54, 1.807) is 0 Å². The summed E-state index contributed by atoms with van der Waals surface area (Å²) in [4.78, 5) is 12.3. The van der Waals surface area contributed by atoms with Gasteiger partial charge in [-0.2, -0.15) is 0 Å². The average molecular weight is 329 g/mol. The molecule has 1 amide bonds. The second-order valence-electron chi connectivity index (χ2n) is 6.25. The van der Waals surface area contributed by atoms with Gasteiger partial charge < -0.3 is 9.73 Å². The second-order valence-corrected chi connectivity index (χ2v) is 6.25. The molecule has 0 fully saturated rings. The Balaban J connectivity index is 1.49. The fraction of sp³-hybridized carbons (Fsp3) is 0.136. The van der Waals surface area contributed by atoms with Crippen molar-refractivity contribution in [2.45, 2.75) is 13.3 Å². The molecule has 0 atom stereocenters. The number of para-hydroxylation sites is 1. The molecular weight excluding hydrogens is 310 g/mol. The van der Waals surface area contributed by atoms with Crippen molar-refractivity contribution in [3.05, 3.63) is 83.4 Å². The summed E-state index contributed by atoms with van der Waals surface area (Å²) in [6.45, 7) is 2.56. The van der Waals surface area contributed by atoms with E-state index in [9.17, 15) is 4.79 Å². The molecule has 1 N–H and O–H groups in total. The van der Waals surface area contributed by atoms with Crippen LogP contribution in [0.1, 0.15) is 21.5 Å². The van der Waals surface area contributed by atoms with Crippen LogP contribution in [-0.4, -0.2) is 12.5 Å². The van der Waals surface area contributed by atoms with Crippen LogP contribution in [0.2, 0.25) is 0 Å². The van der Waals surface area contributed by atoms with Crippen LogP contribution in [-0.2, 0) is 6.42 Å². The standard InChI is InChI=1S/C22H19NO2/c1-15-6-2-3-7-17(15)22(24)23-13-12-16-10-11-21-19(14-16)18-8-4-5-9-20(18)25-21/h2-11,14H,12-13H2,1H3,(H,23,24). The van der Waals surface area contributed by atoms with Crippen LogP contribution >= 0.6 is 0 Å². The van der Waals surface area contributed by atoms with Crippen LogP contribution in [0.5, 0.6) is 0 Å². The number of hydrogen-bond donors (Lipinski definition) is 1. The van der Waals surface area contributed by atoms with E-state index < -0.39 is 0 Å². The van der Waals surface area contributed by atoms with Crippen molar-refractivity contribution in [3.63, 3.8) is 0 Å². The Kier molecular flexibility index (Phi) is 3.98. The predicted octanol–water partition coefficient (Wildman–Crippen LogP) is 4.87. The number of hydrogen-bond acceptors (Lipinski definition) is 2. The number of nitrogens with one attached hydrogen (secondary N) is 1. The van der Waals surface area contributed by atoms with Crippen LogP contribution < -0.4 is 5.32 Å². The van der Waals surface area contributed by atoms with E-state index in [0.29, 0.717) is 6.54 Å². The lowest BCUT2D eigenvalue weighted by atomic mass is 10.1. The van der Waals surface area contributed by atoms with Crippen LogP contribution in [0, 0.1) is 6.92 Å². The molecule has 0 aliphatic carbocycles. The molecule has 3 aromatic carbocycles. The molecular formula is C22H19NO2. The predicted molar refractivity (Wildman–Crippen MR) is 101 cm³/mol. The fourth-order valence-electron chi connectivity index (χ4n) is 3.17. The number of carbonyl (C=O) groups is 1. The van der Waals surface area contributed by atoms with Gasteiger partial charge in [-0.1, -0.05) is 42.5 Å². The number of aryl methyl sites for hydroxylation is 1. The van der Waals surface area contributed by atoms with Gasteiger partial charge >= 0.3 is 0 Å². The third-order valence-corrected chi connectivity index (χ3v) is 4.53. The van der Waals surface area contributed by atoms with E-state index in [1.807, 2.05) is 55.5 Å². The quantitative estimate of drug-likeness (QED) is 0.580. The minimum atomic E-state index is -0.0204. The number of benzene rings is 3. The molecule has 1 heterocycles. The fourth-order valence-corrected chi connectivity index (χ4v) is 3.17. The number of furan rings is 1. The molecule has 0 radical (unpaired) electrons. The molecule has 0 aliphatic rings. The van der Waals surface area contributed by atoms with E-state index in [0.717, 1.165) is 39.5 Å². The van der Waals surface area contributed by atoms with Crippen LogP contribution in [0.15, 0.2) is 71.1 Å². The zero-order chi connectivity index (χ0) is 17.2. The Morgan fingerprint density at radius 2 is 1.68 bits per heavy atom. The molecule has 0 saturated heterocycles. The van der Waals surface area contributed by atoms with Gasteiger partial charge in [0.2, 0.25) is 0 Å². The molecule has 0 spiro atoms. The monoisotopic (exact) mass is 329 g/mol. The summed E-state index contributed by atoms with van der Waals surface area (Å²) in [5, 5.41) is 5.26. The van der Waals surface area contributed by atoms with E-state index >= 15 is 0 Å². The van der Waals surface area contributed by atoms with E-state index in [1.165, 1.54) is 5.56 Å². The molecule has 3 heteroatoms. The third kappa shape index (κ3) is 3.01. The van der Waals surface area contributed by atoms with Crippen LogP contribution in [0.4, 0.5) is 0 Å². The van der Waals surface area contributed by atoms with Crippen molar-refractivity contribution >= 4 is 27.8 Å². The first kappa shape index (κ1) is 15.5. The van der Waals surface area contributed by atoms with Gasteiger partial charge in [0.05, 0.1) is 0 Å². The number of rotatable bonds is 4. The number of fused-ring (bicyclic) bond motifs is 3. The van der Waals surface area contributed by atoms with Gasteiger partial charge in [0.15, 0.2) is 0 Å². The highest BCUT2D eigenvalue weighted by molar-refractivity contribution is 6.05. The second kappa shape index (κ2) is 6.44. The van der Waals surface area contributed by atoms with E-state index in [4.69, 9.17) is 4.42 Å². The molecule has 4 aromatic rings. The maximum atomic E-state index is 12.3. The third-order valence-electron chi connectivity index (χ3n) is 4.53.